The lowest BCUT2D eigenvalue weighted by Gasteiger charge is -2.43. The molecule has 0 aromatic rings. The summed E-state index contributed by atoms with van der Waals surface area (Å²) in [4.78, 5) is 11.5. The zero-order valence-corrected chi connectivity index (χ0v) is 15.8. The van der Waals surface area contributed by atoms with Gasteiger partial charge in [0.25, 0.3) is 0 Å². The molecule has 0 radical (unpaired) electrons. The molecule has 132 valence electrons. The molecule has 23 heavy (non-hydrogen) atoms. The molecule has 3 aliphatic heterocycles. The Morgan fingerprint density at radius 2 is 1.48 bits per heavy atom. The lowest BCUT2D eigenvalue weighted by molar-refractivity contribution is -0.105. The van der Waals surface area contributed by atoms with E-state index in [-0.39, 0.29) is 24.6 Å². The summed E-state index contributed by atoms with van der Waals surface area (Å²) in [5, 5.41) is 0. The molecule has 6 nitrogen and oxygen atoms in total. The van der Waals surface area contributed by atoms with Crippen LogP contribution in [-0.4, -0.2) is 51.8 Å². The second-order valence-electron chi connectivity index (χ2n) is 7.69. The summed E-state index contributed by atoms with van der Waals surface area (Å²) in [6.45, 7) is 13.9. The van der Waals surface area contributed by atoms with Gasteiger partial charge < -0.3 is 23.4 Å². The number of epoxide rings is 1. The molecule has 0 unspecified atom stereocenters. The first-order valence-electron chi connectivity index (χ1n) is 8.59. The molecule has 0 aromatic carbocycles. The van der Waals surface area contributed by atoms with E-state index in [1.165, 1.54) is 0 Å². The van der Waals surface area contributed by atoms with E-state index in [0.29, 0.717) is 23.2 Å². The van der Waals surface area contributed by atoms with Crippen molar-refractivity contribution in [2.45, 2.75) is 88.9 Å². The Kier molecular flexibility index (Phi) is 4.50. The Morgan fingerprint density at radius 1 is 0.913 bits per heavy atom. The molecule has 0 saturated carbocycles. The van der Waals surface area contributed by atoms with Crippen molar-refractivity contribution in [2.24, 2.45) is 0 Å². The maximum absolute atomic E-state index is 11.5. The van der Waals surface area contributed by atoms with Gasteiger partial charge in [-0.1, -0.05) is 41.5 Å². The maximum Gasteiger partial charge on any atom is 0.509 e. The zero-order chi connectivity index (χ0) is 16.9. The van der Waals surface area contributed by atoms with Gasteiger partial charge in [0.2, 0.25) is 0 Å². The quantitative estimate of drug-likeness (QED) is 0.419. The van der Waals surface area contributed by atoms with Crippen molar-refractivity contribution in [3.63, 3.8) is 0 Å². The fraction of sp³-hybridized carbons (Fsp3) is 0.938. The minimum absolute atomic E-state index is 0.176. The molecular formula is C16H28O6Si. The SMILES string of the molecule is CC(C)[Si](OC[C@H]1O[C@H]2O[C@@H]2[C@H]2OC(=O)O[C@H]21)(C(C)C)C(C)C. The van der Waals surface area contributed by atoms with Gasteiger partial charge in [-0.25, -0.2) is 4.79 Å². The Labute approximate surface area is 138 Å². The average molecular weight is 344 g/mol. The number of hydrogen-bond acceptors (Lipinski definition) is 6. The van der Waals surface area contributed by atoms with Crippen molar-refractivity contribution in [3.8, 4) is 0 Å². The monoisotopic (exact) mass is 344 g/mol. The van der Waals surface area contributed by atoms with Crippen LogP contribution in [0.5, 0.6) is 0 Å². The predicted molar refractivity (Wildman–Crippen MR) is 85.7 cm³/mol. The van der Waals surface area contributed by atoms with E-state index in [1.807, 2.05) is 0 Å². The van der Waals surface area contributed by atoms with Crippen LogP contribution in [0.4, 0.5) is 4.79 Å². The van der Waals surface area contributed by atoms with E-state index < -0.39 is 20.6 Å². The van der Waals surface area contributed by atoms with Gasteiger partial charge in [-0.2, -0.15) is 0 Å². The van der Waals surface area contributed by atoms with Crippen LogP contribution in [0.15, 0.2) is 0 Å². The molecule has 5 atom stereocenters. The highest BCUT2D eigenvalue weighted by atomic mass is 28.4. The third-order valence-electron chi connectivity index (χ3n) is 5.48. The highest BCUT2D eigenvalue weighted by molar-refractivity contribution is 6.77. The molecule has 3 rings (SSSR count). The van der Waals surface area contributed by atoms with E-state index in [1.54, 1.807) is 0 Å². The topological polar surface area (TPSA) is 66.5 Å². The van der Waals surface area contributed by atoms with Gasteiger partial charge in [0.1, 0.15) is 6.10 Å². The summed E-state index contributed by atoms with van der Waals surface area (Å²) in [7, 11) is -1.98. The smallest absolute Gasteiger partial charge is 0.424 e. The Balaban J connectivity index is 1.72. The molecule has 7 heteroatoms. The van der Waals surface area contributed by atoms with Gasteiger partial charge >= 0.3 is 6.16 Å². The molecule has 0 aliphatic carbocycles. The summed E-state index contributed by atoms with van der Waals surface area (Å²) >= 11 is 0. The lowest BCUT2D eigenvalue weighted by atomic mass is 10.0. The van der Waals surface area contributed by atoms with Crippen molar-refractivity contribution in [2.75, 3.05) is 6.61 Å². The predicted octanol–water partition coefficient (Wildman–Crippen LogP) is 3.21. The standard InChI is InChI=1S/C16H28O6Si/c1-8(2)23(9(3)4,10(5)6)18-7-11-12-13(22-16(17)21-12)14-15(19-11)20-14/h8-15H,7H2,1-6H3/t11-,12+,13+,14-,15+/m1/s1. The second-order valence-corrected chi connectivity index (χ2v) is 13.1. The van der Waals surface area contributed by atoms with Crippen molar-refractivity contribution in [1.29, 1.82) is 0 Å². The molecule has 0 N–H and O–H groups in total. The van der Waals surface area contributed by atoms with Gasteiger partial charge in [-0.15, -0.1) is 0 Å². The van der Waals surface area contributed by atoms with E-state index >= 15 is 0 Å². The van der Waals surface area contributed by atoms with Gasteiger partial charge in [0, 0.05) is 0 Å². The van der Waals surface area contributed by atoms with Gasteiger partial charge in [0.05, 0.1) is 6.61 Å². The van der Waals surface area contributed by atoms with Crippen molar-refractivity contribution in [3.05, 3.63) is 0 Å². The van der Waals surface area contributed by atoms with Crippen LogP contribution < -0.4 is 0 Å². The zero-order valence-electron chi connectivity index (χ0n) is 14.8. The van der Waals surface area contributed by atoms with Gasteiger partial charge in [-0.3, -0.25) is 0 Å². The molecule has 0 amide bonds. The molecule has 3 aliphatic rings. The van der Waals surface area contributed by atoms with E-state index in [9.17, 15) is 4.79 Å². The molecule has 0 aromatic heterocycles. The Morgan fingerprint density at radius 3 is 2.04 bits per heavy atom. The number of ether oxygens (including phenoxy) is 4. The third-order valence-corrected chi connectivity index (χ3v) is 11.6. The molecule has 3 saturated heterocycles. The third kappa shape index (κ3) is 2.81. The average Bonchev–Trinajstić information content (AvgIpc) is 3.11. The summed E-state index contributed by atoms with van der Waals surface area (Å²) in [6.07, 6.45) is -2.20. The first-order valence-corrected chi connectivity index (χ1v) is 10.7. The fourth-order valence-corrected chi connectivity index (χ4v) is 9.94. The van der Waals surface area contributed by atoms with Crippen molar-refractivity contribution in [1.82, 2.24) is 0 Å². The van der Waals surface area contributed by atoms with Gasteiger partial charge in [0.15, 0.2) is 32.9 Å². The maximum atomic E-state index is 11.5. The highest BCUT2D eigenvalue weighted by Gasteiger charge is 2.63. The lowest BCUT2D eigenvalue weighted by Crippen LogP contribution is -2.53. The summed E-state index contributed by atoms with van der Waals surface area (Å²) in [5.41, 5.74) is 1.48. The van der Waals surface area contributed by atoms with Gasteiger partial charge in [-0.05, 0) is 16.6 Å². The summed E-state index contributed by atoms with van der Waals surface area (Å²) < 4.78 is 28.4. The van der Waals surface area contributed by atoms with Crippen LogP contribution >= 0.6 is 0 Å². The number of rotatable bonds is 6. The van der Waals surface area contributed by atoms with Crippen LogP contribution in [0, 0.1) is 0 Å². The second kappa shape index (κ2) is 6.02. The van der Waals surface area contributed by atoms with Crippen LogP contribution in [0.1, 0.15) is 41.5 Å². The number of hydrogen-bond donors (Lipinski definition) is 0. The van der Waals surface area contributed by atoms with E-state index in [4.69, 9.17) is 23.4 Å². The van der Waals surface area contributed by atoms with Crippen molar-refractivity contribution < 1.29 is 28.2 Å². The van der Waals surface area contributed by atoms with Crippen LogP contribution in [0.25, 0.3) is 0 Å². The highest BCUT2D eigenvalue weighted by Crippen LogP contribution is 2.45. The number of carbonyl (C=O) groups is 1. The van der Waals surface area contributed by atoms with Crippen LogP contribution in [-0.2, 0) is 23.4 Å². The molecular weight excluding hydrogens is 316 g/mol. The Hall–Kier alpha value is -0.633. The summed E-state index contributed by atoms with van der Waals surface area (Å²) in [6, 6.07) is 0. The summed E-state index contributed by atoms with van der Waals surface area (Å²) in [5.74, 6) is 0. The van der Waals surface area contributed by atoms with E-state index in [2.05, 4.69) is 41.5 Å². The first-order chi connectivity index (χ1) is 10.8. The minimum atomic E-state index is -1.98. The number of fused-ring (bicyclic) bond motifs is 3. The van der Waals surface area contributed by atoms with Crippen LogP contribution in [0.2, 0.25) is 16.6 Å². The Bertz CT molecular complexity index is 444. The normalized spacial score (nSPS) is 36.0. The van der Waals surface area contributed by atoms with Crippen molar-refractivity contribution >= 4 is 14.5 Å². The molecule has 0 bridgehead atoms. The molecule has 0 spiro atoms. The van der Waals surface area contributed by atoms with Crippen LogP contribution in [0.3, 0.4) is 0 Å². The largest absolute Gasteiger partial charge is 0.509 e. The first kappa shape index (κ1) is 17.2. The molecule has 3 heterocycles. The van der Waals surface area contributed by atoms with E-state index in [0.717, 1.165) is 0 Å². The number of carbonyl (C=O) groups excluding carboxylic acids is 1. The molecule has 3 fully saturated rings. The minimum Gasteiger partial charge on any atom is -0.424 e. The fourth-order valence-electron chi connectivity index (χ4n) is 4.49.